The van der Waals surface area contributed by atoms with E-state index < -0.39 is 17.3 Å². The highest BCUT2D eigenvalue weighted by molar-refractivity contribution is 8.01. The van der Waals surface area contributed by atoms with E-state index in [1.165, 1.54) is 11.6 Å². The lowest BCUT2D eigenvalue weighted by Gasteiger charge is -2.30. The molecule has 0 atom stereocenters. The van der Waals surface area contributed by atoms with Gasteiger partial charge >= 0.3 is 5.97 Å². The third-order valence-corrected chi connectivity index (χ3v) is 6.54. The number of carboxylic acids is 1. The molecule has 2 nitrogen and oxygen atoms in total. The smallest absolute Gasteiger partial charge is 0.338 e. The molecule has 0 unspecified atom stereocenters. The summed E-state index contributed by atoms with van der Waals surface area (Å²) < 4.78 is 14.7. The second-order valence-electron chi connectivity index (χ2n) is 8.14. The largest absolute Gasteiger partial charge is 0.478 e. The highest BCUT2D eigenvalue weighted by atomic mass is 32.2. The van der Waals surface area contributed by atoms with Crippen molar-refractivity contribution in [3.8, 4) is 23.5 Å². The van der Waals surface area contributed by atoms with Gasteiger partial charge in [-0.25, -0.2) is 9.18 Å². The zero-order valence-electron chi connectivity index (χ0n) is 17.5. The predicted octanol–water partition coefficient (Wildman–Crippen LogP) is 6.80. The van der Waals surface area contributed by atoms with Gasteiger partial charge in [0, 0.05) is 15.2 Å². The zero-order chi connectivity index (χ0) is 22.3. The first-order chi connectivity index (χ1) is 14.7. The van der Waals surface area contributed by atoms with Crippen LogP contribution in [0.5, 0.6) is 0 Å². The lowest BCUT2D eigenvalue weighted by Crippen LogP contribution is -2.16. The van der Waals surface area contributed by atoms with Gasteiger partial charge in [0.2, 0.25) is 0 Å². The molecule has 0 amide bonds. The van der Waals surface area contributed by atoms with Gasteiger partial charge in [-0.05, 0) is 61.2 Å². The maximum Gasteiger partial charge on any atom is 0.338 e. The predicted molar refractivity (Wildman–Crippen MR) is 125 cm³/mol. The highest BCUT2D eigenvalue weighted by Gasteiger charge is 2.27. The van der Waals surface area contributed by atoms with Crippen molar-refractivity contribution in [2.24, 2.45) is 0 Å². The first-order valence-corrected chi connectivity index (χ1v) is 10.7. The standard InChI is InChI=1S/C27H21FO2S/c1-5-19-20(11-12-21(25(19)28)26(29)30)18-10-13-24-22(14-18)23(15-27(3,4)31-24)17-8-6-16(2)7-9-17/h1,6-15H,2-4H3,(H,29,30). The van der Waals surface area contributed by atoms with Gasteiger partial charge in [0.25, 0.3) is 0 Å². The minimum Gasteiger partial charge on any atom is -0.478 e. The number of aryl methyl sites for hydroxylation is 1. The number of hydrogen-bond acceptors (Lipinski definition) is 2. The molecule has 3 aromatic carbocycles. The molecule has 3 aromatic rings. The van der Waals surface area contributed by atoms with Gasteiger partial charge < -0.3 is 5.11 Å². The number of carboxylic acid groups (broad SMARTS) is 1. The number of carbonyl (C=O) groups is 1. The molecule has 4 rings (SSSR count). The molecule has 0 radical (unpaired) electrons. The fourth-order valence-electron chi connectivity index (χ4n) is 3.83. The Morgan fingerprint density at radius 3 is 2.35 bits per heavy atom. The Bertz CT molecular complexity index is 1280. The summed E-state index contributed by atoms with van der Waals surface area (Å²) in [4.78, 5) is 12.4. The van der Waals surface area contributed by atoms with Crippen LogP contribution in [0.25, 0.3) is 16.7 Å². The van der Waals surface area contributed by atoms with Crippen LogP contribution in [-0.4, -0.2) is 15.8 Å². The summed E-state index contributed by atoms with van der Waals surface area (Å²) in [5, 5.41) is 9.22. The summed E-state index contributed by atoms with van der Waals surface area (Å²) in [5.74, 6) is 0.123. The van der Waals surface area contributed by atoms with Gasteiger partial charge in [0.15, 0.2) is 5.82 Å². The fraction of sp³-hybridized carbons (Fsp3) is 0.148. The van der Waals surface area contributed by atoms with Crippen LogP contribution in [0.1, 0.15) is 46.5 Å². The number of fused-ring (bicyclic) bond motifs is 1. The van der Waals surface area contributed by atoms with Crippen LogP contribution in [0, 0.1) is 25.1 Å². The minimum atomic E-state index is -1.34. The molecule has 1 N–H and O–H groups in total. The van der Waals surface area contributed by atoms with Crippen molar-refractivity contribution in [3.05, 3.63) is 94.3 Å². The summed E-state index contributed by atoms with van der Waals surface area (Å²) in [6, 6.07) is 17.2. The van der Waals surface area contributed by atoms with E-state index in [-0.39, 0.29) is 10.3 Å². The second kappa shape index (κ2) is 7.76. The van der Waals surface area contributed by atoms with Crippen LogP contribution in [-0.2, 0) is 0 Å². The quantitative estimate of drug-likeness (QED) is 0.466. The monoisotopic (exact) mass is 428 g/mol. The summed E-state index contributed by atoms with van der Waals surface area (Å²) >= 11 is 1.77. The van der Waals surface area contributed by atoms with Gasteiger partial charge in [0.1, 0.15) is 0 Å². The molecule has 0 aliphatic carbocycles. The van der Waals surface area contributed by atoms with E-state index in [0.29, 0.717) is 5.56 Å². The maximum absolute atomic E-state index is 14.8. The Labute approximate surface area is 185 Å². The normalized spacial score (nSPS) is 14.4. The van der Waals surface area contributed by atoms with Crippen molar-refractivity contribution in [3.63, 3.8) is 0 Å². The van der Waals surface area contributed by atoms with E-state index in [9.17, 15) is 14.3 Å². The van der Waals surface area contributed by atoms with Crippen molar-refractivity contribution < 1.29 is 14.3 Å². The van der Waals surface area contributed by atoms with Crippen LogP contribution in [0.2, 0.25) is 0 Å². The Morgan fingerprint density at radius 2 is 1.71 bits per heavy atom. The second-order valence-corrected chi connectivity index (χ2v) is 9.84. The van der Waals surface area contributed by atoms with Crippen LogP contribution in [0.3, 0.4) is 0 Å². The topological polar surface area (TPSA) is 37.3 Å². The lowest BCUT2D eigenvalue weighted by atomic mass is 9.90. The highest BCUT2D eigenvalue weighted by Crippen LogP contribution is 2.47. The number of aromatic carboxylic acids is 1. The average Bonchev–Trinajstić information content (AvgIpc) is 2.72. The molecule has 1 aliphatic rings. The fourth-order valence-corrected chi connectivity index (χ4v) is 4.99. The average molecular weight is 429 g/mol. The number of rotatable bonds is 3. The third-order valence-electron chi connectivity index (χ3n) is 5.32. The lowest BCUT2D eigenvalue weighted by molar-refractivity contribution is 0.0692. The van der Waals surface area contributed by atoms with E-state index in [1.807, 2.05) is 18.2 Å². The maximum atomic E-state index is 14.8. The van der Waals surface area contributed by atoms with E-state index in [1.54, 1.807) is 17.8 Å². The molecular weight excluding hydrogens is 407 g/mol. The molecule has 0 bridgehead atoms. The van der Waals surface area contributed by atoms with Gasteiger partial charge in [-0.2, -0.15) is 0 Å². The van der Waals surface area contributed by atoms with Crippen molar-refractivity contribution in [1.29, 1.82) is 0 Å². The van der Waals surface area contributed by atoms with E-state index in [2.05, 4.69) is 57.0 Å². The number of hydrogen-bond donors (Lipinski definition) is 1. The first-order valence-electron chi connectivity index (χ1n) is 9.86. The Hall–Kier alpha value is -3.29. The molecule has 31 heavy (non-hydrogen) atoms. The Morgan fingerprint density at radius 1 is 1.03 bits per heavy atom. The molecule has 1 aliphatic heterocycles. The molecule has 0 spiro atoms. The SMILES string of the molecule is C#Cc1c(-c2ccc3c(c2)C(c2ccc(C)cc2)=CC(C)(C)S3)ccc(C(=O)O)c1F. The van der Waals surface area contributed by atoms with Crippen molar-refractivity contribution >= 4 is 23.3 Å². The van der Waals surface area contributed by atoms with Gasteiger partial charge in [-0.3, -0.25) is 0 Å². The summed E-state index contributed by atoms with van der Waals surface area (Å²) in [6.07, 6.45) is 7.82. The molecular formula is C27H21FO2S. The molecule has 0 saturated heterocycles. The van der Waals surface area contributed by atoms with Crippen molar-refractivity contribution in [2.75, 3.05) is 0 Å². The number of halogens is 1. The van der Waals surface area contributed by atoms with Crippen LogP contribution in [0.4, 0.5) is 4.39 Å². The number of benzene rings is 3. The van der Waals surface area contributed by atoms with Crippen molar-refractivity contribution in [2.45, 2.75) is 30.4 Å². The third kappa shape index (κ3) is 3.89. The van der Waals surface area contributed by atoms with Crippen LogP contribution < -0.4 is 0 Å². The Kier molecular flexibility index (Phi) is 5.24. The number of terminal acetylenes is 1. The zero-order valence-corrected chi connectivity index (χ0v) is 18.3. The molecule has 0 saturated carbocycles. The molecule has 4 heteroatoms. The Balaban J connectivity index is 1.90. The van der Waals surface area contributed by atoms with E-state index in [0.717, 1.165) is 27.2 Å². The number of thioether (sulfide) groups is 1. The summed E-state index contributed by atoms with van der Waals surface area (Å²) in [7, 11) is 0. The van der Waals surface area contributed by atoms with Crippen molar-refractivity contribution in [1.82, 2.24) is 0 Å². The van der Waals surface area contributed by atoms with Crippen LogP contribution >= 0.6 is 11.8 Å². The first kappa shape index (κ1) is 21.0. The molecule has 0 fully saturated rings. The molecule has 154 valence electrons. The molecule has 0 aromatic heterocycles. The summed E-state index contributed by atoms with van der Waals surface area (Å²) in [5.41, 5.74) is 5.27. The minimum absolute atomic E-state index is 0.0375. The van der Waals surface area contributed by atoms with E-state index >= 15 is 0 Å². The van der Waals surface area contributed by atoms with Gasteiger partial charge in [-0.15, -0.1) is 18.2 Å². The molecule has 1 heterocycles. The summed E-state index contributed by atoms with van der Waals surface area (Å²) in [6.45, 7) is 6.42. The van der Waals surface area contributed by atoms with Gasteiger partial charge in [0.05, 0.1) is 11.1 Å². The van der Waals surface area contributed by atoms with E-state index in [4.69, 9.17) is 6.42 Å². The van der Waals surface area contributed by atoms with Crippen LogP contribution in [0.15, 0.2) is 65.6 Å². The van der Waals surface area contributed by atoms with Gasteiger partial charge in [-0.1, -0.05) is 54.0 Å².